The first kappa shape index (κ1) is 38.1. The molecule has 5 atom stereocenters. The molecule has 0 amide bonds. The van der Waals surface area contributed by atoms with E-state index in [2.05, 4.69) is 44.2 Å². The number of aliphatic hydroxyl groups excluding tert-OH is 2. The van der Waals surface area contributed by atoms with Crippen LogP contribution in [0.5, 0.6) is 0 Å². The molecule has 0 saturated heterocycles. The predicted octanol–water partition coefficient (Wildman–Crippen LogP) is 10.4. The van der Waals surface area contributed by atoms with Crippen molar-refractivity contribution in [2.75, 3.05) is 6.61 Å². The van der Waals surface area contributed by atoms with E-state index in [1.165, 1.54) is 77.0 Å². The highest BCUT2D eigenvalue weighted by Crippen LogP contribution is 2.48. The topological polar surface area (TPSA) is 66.8 Å². The molecule has 0 aliphatic heterocycles. The Labute approximate surface area is 269 Å². The molecule has 2 aliphatic rings. The van der Waals surface area contributed by atoms with Crippen molar-refractivity contribution in [1.82, 2.24) is 0 Å². The van der Waals surface area contributed by atoms with E-state index in [4.69, 9.17) is 16.3 Å². The SMILES string of the molecule is CCCCCCCCCCCCCC=CCOC(=O)CCC/C=C\C[C@@H]1[C@@H](/C=C/C[C@H](O)C2(CC)CCC2)[C@H](O)C[C@H]1Cl. The summed E-state index contributed by atoms with van der Waals surface area (Å²) in [5.74, 6) is 0.0786. The summed E-state index contributed by atoms with van der Waals surface area (Å²) >= 11 is 6.61. The van der Waals surface area contributed by atoms with E-state index in [0.717, 1.165) is 44.9 Å². The first-order valence-electron chi connectivity index (χ1n) is 18.1. The fourth-order valence-electron chi connectivity index (χ4n) is 6.89. The smallest absolute Gasteiger partial charge is 0.306 e. The molecule has 0 radical (unpaired) electrons. The van der Waals surface area contributed by atoms with E-state index < -0.39 is 6.10 Å². The lowest BCUT2D eigenvalue weighted by molar-refractivity contribution is -0.142. The normalized spacial score (nSPS) is 24.3. The number of alkyl halides is 1. The summed E-state index contributed by atoms with van der Waals surface area (Å²) in [5, 5.41) is 21.2. The molecule has 2 saturated carbocycles. The minimum atomic E-state index is -0.429. The van der Waals surface area contributed by atoms with Crippen LogP contribution in [0.1, 0.15) is 155 Å². The van der Waals surface area contributed by atoms with Crippen LogP contribution in [0.2, 0.25) is 0 Å². The molecule has 5 heteroatoms. The minimum Gasteiger partial charge on any atom is -0.461 e. The average molecular weight is 621 g/mol. The first-order valence-corrected chi connectivity index (χ1v) is 18.5. The van der Waals surface area contributed by atoms with Gasteiger partial charge in [0.2, 0.25) is 0 Å². The van der Waals surface area contributed by atoms with Gasteiger partial charge in [0, 0.05) is 17.7 Å². The Bertz CT molecular complexity index is 796. The molecule has 0 unspecified atom stereocenters. The van der Waals surface area contributed by atoms with E-state index in [1.54, 1.807) is 0 Å². The number of ether oxygens (including phenoxy) is 1. The lowest BCUT2D eigenvalue weighted by Gasteiger charge is -2.45. The third-order valence-corrected chi connectivity index (χ3v) is 10.7. The number of hydrogen-bond donors (Lipinski definition) is 2. The van der Waals surface area contributed by atoms with E-state index in [1.807, 2.05) is 6.08 Å². The van der Waals surface area contributed by atoms with Crippen LogP contribution < -0.4 is 0 Å². The Morgan fingerprint density at radius 1 is 0.884 bits per heavy atom. The highest BCUT2D eigenvalue weighted by atomic mass is 35.5. The number of unbranched alkanes of at least 4 members (excludes halogenated alkanes) is 12. The first-order chi connectivity index (χ1) is 20.9. The number of allylic oxidation sites excluding steroid dienone is 3. The van der Waals surface area contributed by atoms with E-state index in [9.17, 15) is 15.0 Å². The fraction of sp³-hybridized carbons (Fsp3) is 0.816. The number of halogens is 1. The second-order valence-corrected chi connectivity index (χ2v) is 13.9. The summed E-state index contributed by atoms with van der Waals surface area (Å²) in [5.41, 5.74) is 0.102. The number of carbonyl (C=O) groups excluding carboxylic acids is 1. The minimum absolute atomic E-state index is 0.0243. The molecule has 43 heavy (non-hydrogen) atoms. The summed E-state index contributed by atoms with van der Waals surface area (Å²) in [6, 6.07) is 0. The van der Waals surface area contributed by atoms with Crippen LogP contribution >= 0.6 is 11.6 Å². The van der Waals surface area contributed by atoms with Gasteiger partial charge in [-0.25, -0.2) is 0 Å². The number of aliphatic hydroxyl groups is 2. The van der Waals surface area contributed by atoms with Crippen LogP contribution in [-0.2, 0) is 9.53 Å². The third kappa shape index (κ3) is 15.2. The molecule has 0 spiro atoms. The molecule has 0 heterocycles. The maximum absolute atomic E-state index is 12.0. The van der Waals surface area contributed by atoms with Gasteiger partial charge in [-0.3, -0.25) is 4.79 Å². The zero-order chi connectivity index (χ0) is 31.2. The van der Waals surface area contributed by atoms with Gasteiger partial charge < -0.3 is 14.9 Å². The predicted molar refractivity (Wildman–Crippen MR) is 182 cm³/mol. The Morgan fingerprint density at radius 2 is 1.51 bits per heavy atom. The van der Waals surface area contributed by atoms with E-state index in [-0.39, 0.29) is 34.7 Å². The van der Waals surface area contributed by atoms with Gasteiger partial charge in [-0.15, -0.1) is 11.6 Å². The van der Waals surface area contributed by atoms with Crippen LogP contribution in [0, 0.1) is 17.3 Å². The molecule has 248 valence electrons. The Morgan fingerprint density at radius 3 is 2.14 bits per heavy atom. The van der Waals surface area contributed by atoms with E-state index in [0.29, 0.717) is 25.9 Å². The molecular formula is C38H65ClO4. The van der Waals surface area contributed by atoms with Crippen LogP contribution in [0.15, 0.2) is 36.5 Å². The molecule has 2 N–H and O–H groups in total. The van der Waals surface area contributed by atoms with Crippen molar-refractivity contribution in [3.05, 3.63) is 36.5 Å². The van der Waals surface area contributed by atoms with Gasteiger partial charge in [0.15, 0.2) is 0 Å². The van der Waals surface area contributed by atoms with Crippen molar-refractivity contribution in [3.63, 3.8) is 0 Å². The zero-order valence-corrected chi connectivity index (χ0v) is 28.5. The second kappa shape index (κ2) is 23.3. The van der Waals surface area contributed by atoms with Gasteiger partial charge in [-0.2, -0.15) is 0 Å². The van der Waals surface area contributed by atoms with Gasteiger partial charge in [-0.1, -0.05) is 121 Å². The lowest BCUT2D eigenvalue weighted by atomic mass is 9.63. The van der Waals surface area contributed by atoms with Gasteiger partial charge in [0.05, 0.1) is 12.2 Å². The van der Waals surface area contributed by atoms with Crippen molar-refractivity contribution in [3.8, 4) is 0 Å². The van der Waals surface area contributed by atoms with Crippen LogP contribution in [0.25, 0.3) is 0 Å². The Balaban J connectivity index is 1.48. The molecule has 4 nitrogen and oxygen atoms in total. The van der Waals surface area contributed by atoms with Crippen molar-refractivity contribution >= 4 is 17.6 Å². The monoisotopic (exact) mass is 620 g/mol. The fourth-order valence-corrected chi connectivity index (χ4v) is 7.35. The summed E-state index contributed by atoms with van der Waals surface area (Å²) in [6.45, 7) is 4.82. The molecule has 0 aromatic heterocycles. The largest absolute Gasteiger partial charge is 0.461 e. The van der Waals surface area contributed by atoms with Crippen molar-refractivity contribution in [2.24, 2.45) is 17.3 Å². The average Bonchev–Trinajstić information content (AvgIpc) is 3.23. The van der Waals surface area contributed by atoms with Gasteiger partial charge in [0.1, 0.15) is 6.61 Å². The van der Waals surface area contributed by atoms with Gasteiger partial charge >= 0.3 is 5.97 Å². The molecule has 2 fully saturated rings. The van der Waals surface area contributed by atoms with Crippen molar-refractivity contribution in [2.45, 2.75) is 173 Å². The van der Waals surface area contributed by atoms with E-state index >= 15 is 0 Å². The Kier molecular flexibility index (Phi) is 20.6. The van der Waals surface area contributed by atoms with Crippen LogP contribution in [0.4, 0.5) is 0 Å². The third-order valence-electron chi connectivity index (χ3n) is 10.2. The molecule has 0 bridgehead atoms. The number of rotatable bonds is 25. The number of hydrogen-bond acceptors (Lipinski definition) is 4. The lowest BCUT2D eigenvalue weighted by Crippen LogP contribution is -2.40. The van der Waals surface area contributed by atoms with Crippen molar-refractivity contribution < 1.29 is 19.7 Å². The molecule has 2 rings (SSSR count). The molecule has 2 aliphatic carbocycles. The summed E-state index contributed by atoms with van der Waals surface area (Å²) < 4.78 is 5.35. The number of esters is 1. The summed E-state index contributed by atoms with van der Waals surface area (Å²) in [7, 11) is 0. The van der Waals surface area contributed by atoms with Crippen LogP contribution in [0.3, 0.4) is 0 Å². The quantitative estimate of drug-likeness (QED) is 0.0461. The summed E-state index contributed by atoms with van der Waals surface area (Å²) in [4.78, 5) is 12.0. The highest BCUT2D eigenvalue weighted by molar-refractivity contribution is 6.21. The zero-order valence-electron chi connectivity index (χ0n) is 27.7. The number of carbonyl (C=O) groups is 1. The maximum Gasteiger partial charge on any atom is 0.306 e. The van der Waals surface area contributed by atoms with Gasteiger partial charge in [-0.05, 0) is 75.5 Å². The van der Waals surface area contributed by atoms with Crippen molar-refractivity contribution in [1.29, 1.82) is 0 Å². The summed E-state index contributed by atoms with van der Waals surface area (Å²) in [6.07, 6.45) is 36.5. The Hall–Kier alpha value is -1.10. The van der Waals surface area contributed by atoms with Gasteiger partial charge in [0.25, 0.3) is 0 Å². The molecule has 0 aromatic rings. The standard InChI is InChI=1S/C38H65ClO4/c1-3-5-6-7-8-9-10-11-12-13-14-15-18-21-30-43-37(42)27-20-17-16-19-24-32-33(35(40)31-34(32)39)25-22-26-36(41)38(4-2)28-23-29-38/h16,18-19,21-22,25,32-36,40-41H,3-15,17,20,23-24,26-31H2,1-2H3/b19-16-,21-18?,25-22+/t32-,33-,34-,35-,36+/m1/s1. The molecular weight excluding hydrogens is 556 g/mol. The second-order valence-electron chi connectivity index (χ2n) is 13.4. The van der Waals surface area contributed by atoms with Crippen LogP contribution in [-0.4, -0.2) is 40.4 Å². The maximum atomic E-state index is 12.0. The highest BCUT2D eigenvalue weighted by Gasteiger charge is 2.42. The molecule has 0 aromatic carbocycles.